The SMILES string of the molecule is O=c1cc(C(C2CC2)C2CC2)[nH]c2c(C(F)(F)F)cnn12. The third kappa shape index (κ3) is 2.15. The maximum absolute atomic E-state index is 13.0. The largest absolute Gasteiger partial charge is 0.421 e. The minimum atomic E-state index is -4.52. The summed E-state index contributed by atoms with van der Waals surface area (Å²) in [5, 5.41) is 3.56. The van der Waals surface area contributed by atoms with E-state index < -0.39 is 17.3 Å². The van der Waals surface area contributed by atoms with Gasteiger partial charge in [0.1, 0.15) is 11.2 Å². The Bertz CT molecular complexity index is 741. The number of hydrogen-bond acceptors (Lipinski definition) is 2. The molecular formula is C14H14F3N3O. The number of aromatic amines is 1. The molecule has 0 unspecified atom stereocenters. The topological polar surface area (TPSA) is 50.2 Å². The van der Waals surface area contributed by atoms with E-state index in [0.717, 1.165) is 30.2 Å². The molecule has 112 valence electrons. The van der Waals surface area contributed by atoms with E-state index in [1.807, 2.05) is 0 Å². The van der Waals surface area contributed by atoms with Crippen molar-refractivity contribution in [2.24, 2.45) is 11.8 Å². The van der Waals surface area contributed by atoms with Gasteiger partial charge in [-0.1, -0.05) is 0 Å². The van der Waals surface area contributed by atoms with E-state index in [-0.39, 0.29) is 11.6 Å². The average Bonchev–Trinajstić information content (AvgIpc) is 3.29. The summed E-state index contributed by atoms with van der Waals surface area (Å²) in [4.78, 5) is 14.9. The van der Waals surface area contributed by atoms with Crippen LogP contribution in [0.3, 0.4) is 0 Å². The fourth-order valence-electron chi connectivity index (χ4n) is 3.19. The van der Waals surface area contributed by atoms with Gasteiger partial charge in [-0.15, -0.1) is 0 Å². The van der Waals surface area contributed by atoms with E-state index in [4.69, 9.17) is 0 Å². The predicted molar refractivity (Wildman–Crippen MR) is 69.0 cm³/mol. The first-order chi connectivity index (χ1) is 9.95. The van der Waals surface area contributed by atoms with Crippen molar-refractivity contribution in [2.75, 3.05) is 0 Å². The molecular weight excluding hydrogens is 283 g/mol. The molecule has 21 heavy (non-hydrogen) atoms. The van der Waals surface area contributed by atoms with Gasteiger partial charge in [0.25, 0.3) is 5.56 Å². The van der Waals surface area contributed by atoms with E-state index in [9.17, 15) is 18.0 Å². The molecule has 0 aliphatic heterocycles. The van der Waals surface area contributed by atoms with E-state index >= 15 is 0 Å². The molecule has 1 N–H and O–H groups in total. The van der Waals surface area contributed by atoms with E-state index in [0.29, 0.717) is 23.7 Å². The van der Waals surface area contributed by atoms with Crippen molar-refractivity contribution in [3.05, 3.63) is 33.9 Å². The third-order valence-corrected chi connectivity index (χ3v) is 4.44. The summed E-state index contributed by atoms with van der Waals surface area (Å²) in [7, 11) is 0. The predicted octanol–water partition coefficient (Wildman–Crippen LogP) is 2.95. The Labute approximate surface area is 118 Å². The molecule has 0 radical (unpaired) electrons. The molecule has 2 aliphatic carbocycles. The molecule has 0 aromatic carbocycles. The van der Waals surface area contributed by atoms with Crippen LogP contribution in [0.25, 0.3) is 5.65 Å². The lowest BCUT2D eigenvalue weighted by Crippen LogP contribution is -2.19. The zero-order chi connectivity index (χ0) is 14.8. The fraction of sp³-hybridized carbons (Fsp3) is 0.571. The van der Waals surface area contributed by atoms with E-state index in [1.165, 1.54) is 6.07 Å². The van der Waals surface area contributed by atoms with Crippen molar-refractivity contribution in [3.63, 3.8) is 0 Å². The number of hydrogen-bond donors (Lipinski definition) is 1. The van der Waals surface area contributed by atoms with Crippen LogP contribution in [0.15, 0.2) is 17.1 Å². The van der Waals surface area contributed by atoms with Crippen molar-refractivity contribution in [1.82, 2.24) is 14.6 Å². The number of nitrogens with zero attached hydrogens (tertiary/aromatic N) is 2. The Balaban J connectivity index is 1.88. The van der Waals surface area contributed by atoms with Crippen LogP contribution in [0.2, 0.25) is 0 Å². The Morgan fingerprint density at radius 1 is 1.24 bits per heavy atom. The number of fused-ring (bicyclic) bond motifs is 1. The molecule has 7 heteroatoms. The summed E-state index contributed by atoms with van der Waals surface area (Å²) in [6.07, 6.45) is 0.581. The molecule has 0 atom stereocenters. The number of aromatic nitrogens is 3. The van der Waals surface area contributed by atoms with Crippen LogP contribution in [0.4, 0.5) is 13.2 Å². The molecule has 0 saturated heterocycles. The maximum Gasteiger partial charge on any atom is 0.421 e. The first-order valence-corrected chi connectivity index (χ1v) is 7.13. The van der Waals surface area contributed by atoms with Gasteiger partial charge in [-0.2, -0.15) is 22.8 Å². The smallest absolute Gasteiger partial charge is 0.343 e. The van der Waals surface area contributed by atoms with Gasteiger partial charge in [0.2, 0.25) is 0 Å². The maximum atomic E-state index is 13.0. The highest BCUT2D eigenvalue weighted by Crippen LogP contribution is 2.53. The normalized spacial score (nSPS) is 19.6. The minimum Gasteiger partial charge on any atom is -0.343 e. The lowest BCUT2D eigenvalue weighted by atomic mass is 9.94. The van der Waals surface area contributed by atoms with Crippen molar-refractivity contribution in [2.45, 2.75) is 37.8 Å². The zero-order valence-electron chi connectivity index (χ0n) is 11.2. The Morgan fingerprint density at radius 2 is 1.86 bits per heavy atom. The second-order valence-electron chi connectivity index (χ2n) is 6.08. The van der Waals surface area contributed by atoms with Crippen LogP contribution in [0.5, 0.6) is 0 Å². The standard InChI is InChI=1S/C14H14F3N3O/c15-14(16,17)9-6-18-20-11(21)5-10(19-13(9)20)12(7-1-2-7)8-3-4-8/h5-8,12,19H,1-4H2. The van der Waals surface area contributed by atoms with E-state index in [2.05, 4.69) is 10.1 Å². The number of H-pyrrole nitrogens is 1. The molecule has 4 rings (SSSR count). The molecule has 2 heterocycles. The first-order valence-electron chi connectivity index (χ1n) is 7.13. The highest BCUT2D eigenvalue weighted by Gasteiger charge is 2.43. The Hall–Kier alpha value is -1.79. The van der Waals surface area contributed by atoms with Gasteiger partial charge in [0.05, 0.1) is 6.20 Å². The Kier molecular flexibility index (Phi) is 2.53. The van der Waals surface area contributed by atoms with Crippen molar-refractivity contribution < 1.29 is 13.2 Å². The van der Waals surface area contributed by atoms with Crippen LogP contribution in [0, 0.1) is 11.8 Å². The molecule has 2 fully saturated rings. The lowest BCUT2D eigenvalue weighted by Gasteiger charge is -2.16. The van der Waals surface area contributed by atoms with Crippen LogP contribution in [0.1, 0.15) is 42.9 Å². The van der Waals surface area contributed by atoms with Gasteiger partial charge in [-0.05, 0) is 37.5 Å². The number of rotatable bonds is 3. The van der Waals surface area contributed by atoms with Gasteiger partial charge in [0, 0.05) is 17.7 Å². The molecule has 2 aromatic rings. The van der Waals surface area contributed by atoms with Crippen molar-refractivity contribution in [3.8, 4) is 0 Å². The van der Waals surface area contributed by atoms with Crippen LogP contribution < -0.4 is 5.56 Å². The summed E-state index contributed by atoms with van der Waals surface area (Å²) in [6, 6.07) is 1.42. The average molecular weight is 297 g/mol. The van der Waals surface area contributed by atoms with Gasteiger partial charge in [-0.3, -0.25) is 4.79 Å². The molecule has 2 saturated carbocycles. The monoisotopic (exact) mass is 297 g/mol. The van der Waals surface area contributed by atoms with Gasteiger partial charge >= 0.3 is 6.18 Å². The highest BCUT2D eigenvalue weighted by atomic mass is 19.4. The second-order valence-corrected chi connectivity index (χ2v) is 6.08. The molecule has 0 spiro atoms. The van der Waals surface area contributed by atoms with Crippen LogP contribution in [-0.4, -0.2) is 14.6 Å². The van der Waals surface area contributed by atoms with Crippen molar-refractivity contribution in [1.29, 1.82) is 0 Å². The number of alkyl halides is 3. The number of halogens is 3. The molecule has 0 bridgehead atoms. The third-order valence-electron chi connectivity index (χ3n) is 4.44. The summed E-state index contributed by atoms with van der Waals surface area (Å²) < 4.78 is 39.7. The van der Waals surface area contributed by atoms with Gasteiger partial charge < -0.3 is 4.98 Å². The highest BCUT2D eigenvalue weighted by molar-refractivity contribution is 5.48. The minimum absolute atomic E-state index is 0.193. The van der Waals surface area contributed by atoms with Crippen LogP contribution >= 0.6 is 0 Å². The fourth-order valence-corrected chi connectivity index (χ4v) is 3.19. The summed E-state index contributed by atoms with van der Waals surface area (Å²) in [5.41, 5.74) is -0.979. The second kappa shape index (κ2) is 4.11. The Morgan fingerprint density at radius 3 is 2.38 bits per heavy atom. The van der Waals surface area contributed by atoms with Crippen molar-refractivity contribution >= 4 is 5.65 Å². The summed E-state index contributed by atoms with van der Waals surface area (Å²) in [6.45, 7) is 0. The summed E-state index contributed by atoms with van der Waals surface area (Å²) in [5.74, 6) is 1.21. The zero-order valence-corrected chi connectivity index (χ0v) is 11.2. The molecule has 0 amide bonds. The van der Waals surface area contributed by atoms with Crippen LogP contribution in [-0.2, 0) is 6.18 Å². The molecule has 4 nitrogen and oxygen atoms in total. The van der Waals surface area contributed by atoms with E-state index in [1.54, 1.807) is 0 Å². The summed E-state index contributed by atoms with van der Waals surface area (Å²) >= 11 is 0. The first kappa shape index (κ1) is 12.9. The quantitative estimate of drug-likeness (QED) is 0.947. The lowest BCUT2D eigenvalue weighted by molar-refractivity contribution is -0.136. The molecule has 2 aromatic heterocycles. The number of nitrogens with one attached hydrogen (secondary N) is 1. The molecule has 2 aliphatic rings. The van der Waals surface area contributed by atoms with Gasteiger partial charge in [0.15, 0.2) is 0 Å². The van der Waals surface area contributed by atoms with Gasteiger partial charge in [-0.25, -0.2) is 0 Å².